The van der Waals surface area contributed by atoms with Crippen LogP contribution in [0.4, 0.5) is 5.69 Å². The Balaban J connectivity index is 2.58. The number of carbonyl (C=O) groups is 2. The topological polar surface area (TPSA) is 102 Å². The van der Waals surface area contributed by atoms with Crippen molar-refractivity contribution in [2.75, 3.05) is 5.32 Å². The molecule has 2 amide bonds. The molecule has 0 fully saturated rings. The number of rotatable bonds is 1. The quantitative estimate of drug-likeness (QED) is 0.741. The van der Waals surface area contributed by atoms with Gasteiger partial charge in [0.1, 0.15) is 17.5 Å². The van der Waals surface area contributed by atoms with Crippen LogP contribution in [0.25, 0.3) is 11.0 Å². The fraction of sp³-hybridized carbons (Fsp3) is 0.154. The highest BCUT2D eigenvalue weighted by molar-refractivity contribution is 6.39. The highest BCUT2D eigenvalue weighted by atomic mass is 16.3. The van der Waals surface area contributed by atoms with Crippen molar-refractivity contribution >= 4 is 28.5 Å². The van der Waals surface area contributed by atoms with E-state index < -0.39 is 17.2 Å². The smallest absolute Gasteiger partial charge is 0.313 e. The Bertz CT molecular complexity index is 746. The van der Waals surface area contributed by atoms with E-state index in [-0.39, 0.29) is 5.69 Å². The Labute approximate surface area is 108 Å². The molecule has 0 spiro atoms. The van der Waals surface area contributed by atoms with Crippen molar-refractivity contribution in [3.63, 3.8) is 0 Å². The average molecular weight is 260 g/mol. The zero-order valence-electron chi connectivity index (χ0n) is 10.4. The van der Waals surface area contributed by atoms with Crippen LogP contribution in [0, 0.1) is 13.8 Å². The van der Waals surface area contributed by atoms with E-state index in [0.29, 0.717) is 11.0 Å². The molecule has 0 aliphatic heterocycles. The number of carbonyl (C=O) groups excluding carboxylic acids is 2. The maximum atomic E-state index is 12.1. The minimum Gasteiger partial charge on any atom is -0.462 e. The van der Waals surface area contributed by atoms with Crippen LogP contribution in [-0.2, 0) is 9.59 Å². The Morgan fingerprint density at radius 3 is 2.47 bits per heavy atom. The maximum Gasteiger partial charge on any atom is 0.313 e. The van der Waals surface area contributed by atoms with Crippen LogP contribution >= 0.6 is 0 Å². The van der Waals surface area contributed by atoms with Crippen molar-refractivity contribution in [1.82, 2.24) is 0 Å². The molecule has 0 aliphatic rings. The molecule has 3 N–H and O–H groups in total. The number of benzene rings is 1. The third-order valence-electron chi connectivity index (χ3n) is 2.86. The van der Waals surface area contributed by atoms with Gasteiger partial charge in [-0.2, -0.15) is 0 Å². The van der Waals surface area contributed by atoms with Gasteiger partial charge < -0.3 is 15.5 Å². The zero-order valence-corrected chi connectivity index (χ0v) is 10.4. The summed E-state index contributed by atoms with van der Waals surface area (Å²) in [7, 11) is 0. The molecule has 1 aromatic heterocycles. The summed E-state index contributed by atoms with van der Waals surface area (Å²) in [6.45, 7) is 3.76. The second-order valence-corrected chi connectivity index (χ2v) is 4.23. The van der Waals surface area contributed by atoms with Gasteiger partial charge in [0.2, 0.25) is 5.43 Å². The molecule has 1 aromatic carbocycles. The molecule has 1 heterocycles. The van der Waals surface area contributed by atoms with Crippen LogP contribution < -0.4 is 16.5 Å². The molecule has 6 nitrogen and oxygen atoms in total. The van der Waals surface area contributed by atoms with Crippen molar-refractivity contribution < 1.29 is 14.0 Å². The van der Waals surface area contributed by atoms with Gasteiger partial charge in [0.15, 0.2) is 0 Å². The fourth-order valence-corrected chi connectivity index (χ4v) is 1.66. The van der Waals surface area contributed by atoms with E-state index in [2.05, 4.69) is 5.32 Å². The lowest BCUT2D eigenvalue weighted by molar-refractivity contribution is -0.134. The molecule has 0 bridgehead atoms. The molecule has 2 rings (SSSR count). The van der Waals surface area contributed by atoms with Gasteiger partial charge in [0, 0.05) is 0 Å². The van der Waals surface area contributed by atoms with Crippen LogP contribution in [0.15, 0.2) is 27.6 Å². The Morgan fingerprint density at radius 2 is 1.84 bits per heavy atom. The Kier molecular flexibility index (Phi) is 3.08. The van der Waals surface area contributed by atoms with Gasteiger partial charge in [0.25, 0.3) is 0 Å². The van der Waals surface area contributed by atoms with E-state index in [4.69, 9.17) is 10.2 Å². The van der Waals surface area contributed by atoms with Gasteiger partial charge in [-0.3, -0.25) is 14.4 Å². The van der Waals surface area contributed by atoms with E-state index >= 15 is 0 Å². The molecule has 2 aromatic rings. The van der Waals surface area contributed by atoms with Gasteiger partial charge in [-0.25, -0.2) is 0 Å². The highest BCUT2D eigenvalue weighted by Crippen LogP contribution is 2.18. The van der Waals surface area contributed by atoms with Crippen LogP contribution in [0.5, 0.6) is 0 Å². The normalized spacial score (nSPS) is 10.4. The molecule has 6 heteroatoms. The second kappa shape index (κ2) is 4.56. The molecule has 19 heavy (non-hydrogen) atoms. The zero-order chi connectivity index (χ0) is 14.2. The van der Waals surface area contributed by atoms with Crippen molar-refractivity contribution in [3.8, 4) is 0 Å². The van der Waals surface area contributed by atoms with Crippen molar-refractivity contribution in [2.45, 2.75) is 13.8 Å². The van der Waals surface area contributed by atoms with Gasteiger partial charge in [-0.1, -0.05) is 0 Å². The summed E-state index contributed by atoms with van der Waals surface area (Å²) in [5.74, 6) is -2.23. The van der Waals surface area contributed by atoms with Crippen molar-refractivity contribution in [1.29, 1.82) is 0 Å². The highest BCUT2D eigenvalue weighted by Gasteiger charge is 2.14. The van der Waals surface area contributed by atoms with Crippen molar-refractivity contribution in [3.05, 3.63) is 39.7 Å². The molecular weight excluding hydrogens is 248 g/mol. The lowest BCUT2D eigenvalue weighted by atomic mass is 10.1. The SMILES string of the molecule is Cc1cc2occ(NC(=O)C(N)=O)c(=O)c2cc1C. The van der Waals surface area contributed by atoms with E-state index in [1.54, 1.807) is 12.1 Å². The van der Waals surface area contributed by atoms with E-state index in [1.807, 2.05) is 13.8 Å². The molecular formula is C13H12N2O4. The first kappa shape index (κ1) is 12.8. The first-order chi connectivity index (χ1) is 8.90. The summed E-state index contributed by atoms with van der Waals surface area (Å²) >= 11 is 0. The molecule has 0 saturated carbocycles. The molecule has 0 aliphatic carbocycles. The lowest BCUT2D eigenvalue weighted by Crippen LogP contribution is -2.31. The number of nitrogens with two attached hydrogens (primary N) is 1. The van der Waals surface area contributed by atoms with E-state index in [0.717, 1.165) is 17.4 Å². The summed E-state index contributed by atoms with van der Waals surface area (Å²) in [6.07, 6.45) is 1.10. The number of aryl methyl sites for hydroxylation is 2. The first-order valence-corrected chi connectivity index (χ1v) is 5.53. The fourth-order valence-electron chi connectivity index (χ4n) is 1.66. The maximum absolute atomic E-state index is 12.1. The number of hydrogen-bond acceptors (Lipinski definition) is 4. The number of hydrogen-bond donors (Lipinski definition) is 2. The average Bonchev–Trinajstić information content (AvgIpc) is 2.35. The summed E-state index contributed by atoms with van der Waals surface area (Å²) in [5, 5.41) is 2.45. The molecule has 0 saturated heterocycles. The third-order valence-corrected chi connectivity index (χ3v) is 2.86. The largest absolute Gasteiger partial charge is 0.462 e. The monoisotopic (exact) mass is 260 g/mol. The standard InChI is InChI=1S/C13H12N2O4/c1-6-3-8-10(4-7(6)2)19-5-9(11(8)16)15-13(18)12(14)17/h3-5H,1-2H3,(H2,14,17)(H,15,18). The predicted octanol–water partition coefficient (Wildman–Crippen LogP) is 0.834. The molecule has 0 atom stereocenters. The van der Waals surface area contributed by atoms with Gasteiger partial charge >= 0.3 is 11.8 Å². The third kappa shape index (κ3) is 2.33. The summed E-state index contributed by atoms with van der Waals surface area (Å²) < 4.78 is 5.27. The Hall–Kier alpha value is -2.63. The van der Waals surface area contributed by atoms with Crippen molar-refractivity contribution in [2.24, 2.45) is 5.73 Å². The number of nitrogens with one attached hydrogen (secondary N) is 1. The molecule has 98 valence electrons. The molecule has 0 unspecified atom stereocenters. The van der Waals surface area contributed by atoms with E-state index in [9.17, 15) is 14.4 Å². The van der Waals surface area contributed by atoms with Crippen LogP contribution in [0.2, 0.25) is 0 Å². The first-order valence-electron chi connectivity index (χ1n) is 5.53. The number of fused-ring (bicyclic) bond motifs is 1. The summed E-state index contributed by atoms with van der Waals surface area (Å²) in [6, 6.07) is 3.42. The minimum absolute atomic E-state index is 0.112. The van der Waals surface area contributed by atoms with E-state index in [1.165, 1.54) is 0 Å². The van der Waals surface area contributed by atoms with Gasteiger partial charge in [-0.05, 0) is 37.1 Å². The predicted molar refractivity (Wildman–Crippen MR) is 69.8 cm³/mol. The number of anilines is 1. The Morgan fingerprint density at radius 1 is 1.21 bits per heavy atom. The summed E-state index contributed by atoms with van der Waals surface area (Å²) in [5.41, 5.74) is 6.62. The lowest BCUT2D eigenvalue weighted by Gasteiger charge is -2.05. The number of amides is 2. The van der Waals surface area contributed by atoms with Crippen LogP contribution in [0.3, 0.4) is 0 Å². The minimum atomic E-state index is -1.17. The second-order valence-electron chi connectivity index (χ2n) is 4.23. The van der Waals surface area contributed by atoms with Gasteiger partial charge in [-0.15, -0.1) is 0 Å². The van der Waals surface area contributed by atoms with Gasteiger partial charge in [0.05, 0.1) is 5.39 Å². The van der Waals surface area contributed by atoms with Crippen LogP contribution in [0.1, 0.15) is 11.1 Å². The van der Waals surface area contributed by atoms with Crippen LogP contribution in [-0.4, -0.2) is 11.8 Å². The number of primary amides is 1. The summed E-state index contributed by atoms with van der Waals surface area (Å²) in [4.78, 5) is 33.9. The molecule has 0 radical (unpaired) electrons.